The van der Waals surface area contributed by atoms with E-state index in [0.29, 0.717) is 12.1 Å². The predicted molar refractivity (Wildman–Crippen MR) is 177 cm³/mol. The van der Waals surface area contributed by atoms with Gasteiger partial charge < -0.3 is 52.2 Å². The van der Waals surface area contributed by atoms with E-state index < -0.39 is 0 Å². The van der Waals surface area contributed by atoms with Gasteiger partial charge >= 0.3 is 0 Å². The van der Waals surface area contributed by atoms with Crippen molar-refractivity contribution >= 4 is 0 Å². The number of fused-ring (bicyclic) bond motifs is 3. The molecule has 0 aromatic carbocycles. The Bertz CT molecular complexity index is 643. The summed E-state index contributed by atoms with van der Waals surface area (Å²) in [4.78, 5) is 5.24. The molecule has 3 unspecified atom stereocenters. The molecule has 246 valence electrons. The summed E-state index contributed by atoms with van der Waals surface area (Å²) in [6, 6.07) is 1.12. The van der Waals surface area contributed by atoms with Crippen LogP contribution in [0, 0.1) is 0 Å². The van der Waals surface area contributed by atoms with Crippen LogP contribution in [0.1, 0.15) is 32.1 Å². The van der Waals surface area contributed by atoms with E-state index in [1.807, 2.05) is 0 Å². The van der Waals surface area contributed by atoms with Crippen LogP contribution >= 0.6 is 0 Å². The molecular formula is C31H66N10O. The highest BCUT2D eigenvalue weighted by atomic mass is 16.5. The van der Waals surface area contributed by atoms with Gasteiger partial charge in [0.05, 0.1) is 13.2 Å². The van der Waals surface area contributed by atoms with Gasteiger partial charge in [-0.2, -0.15) is 0 Å². The molecule has 11 heteroatoms. The summed E-state index contributed by atoms with van der Waals surface area (Å²) in [6.07, 6.45) is 10.7. The Balaban J connectivity index is 1.31. The Morgan fingerprint density at radius 1 is 0.548 bits per heavy atom. The van der Waals surface area contributed by atoms with Crippen LogP contribution in [0.3, 0.4) is 0 Å². The maximum atomic E-state index is 6.03. The van der Waals surface area contributed by atoms with Crippen LogP contribution in [-0.4, -0.2) is 166 Å². The van der Waals surface area contributed by atoms with Crippen LogP contribution in [-0.2, 0) is 4.74 Å². The van der Waals surface area contributed by atoms with Gasteiger partial charge in [-0.05, 0) is 51.7 Å². The van der Waals surface area contributed by atoms with Crippen molar-refractivity contribution in [3.05, 3.63) is 12.2 Å². The molecule has 0 radical (unpaired) electrons. The van der Waals surface area contributed by atoms with Crippen molar-refractivity contribution in [3.63, 3.8) is 0 Å². The van der Waals surface area contributed by atoms with Gasteiger partial charge in [0, 0.05) is 123 Å². The number of hydrogen-bond acceptors (Lipinski definition) is 11. The molecule has 2 saturated heterocycles. The maximum Gasteiger partial charge on any atom is 0.0622 e. The molecule has 3 heterocycles. The Morgan fingerprint density at radius 3 is 1.90 bits per heavy atom. The molecule has 0 aromatic heterocycles. The van der Waals surface area contributed by atoms with Crippen molar-refractivity contribution in [2.45, 2.75) is 44.2 Å². The lowest BCUT2D eigenvalue weighted by Crippen LogP contribution is -2.46. The molecule has 8 N–H and O–H groups in total. The second-order valence-electron chi connectivity index (χ2n) is 12.0. The van der Waals surface area contributed by atoms with Gasteiger partial charge in [-0.1, -0.05) is 12.2 Å². The van der Waals surface area contributed by atoms with E-state index in [0.717, 1.165) is 157 Å². The number of hydrogen-bond donors (Lipinski definition) is 8. The van der Waals surface area contributed by atoms with Gasteiger partial charge in [0.2, 0.25) is 0 Å². The largest absolute Gasteiger partial charge is 0.379 e. The second-order valence-corrected chi connectivity index (χ2v) is 12.0. The van der Waals surface area contributed by atoms with E-state index >= 15 is 0 Å². The SMILES string of the molecule is C1=C\CC2CN(CC/1)CCNCCNCCN1CCCC1COCCNCCNCCCNCCNCCNCCN2. The quantitative estimate of drug-likeness (QED) is 0.159. The van der Waals surface area contributed by atoms with Crippen molar-refractivity contribution in [1.29, 1.82) is 0 Å². The van der Waals surface area contributed by atoms with Crippen LogP contribution in [0.25, 0.3) is 0 Å². The molecule has 0 spiro atoms. The summed E-state index contributed by atoms with van der Waals surface area (Å²) in [5.41, 5.74) is 0. The van der Waals surface area contributed by atoms with Crippen molar-refractivity contribution in [2.75, 3.05) is 144 Å². The van der Waals surface area contributed by atoms with Gasteiger partial charge in [0.25, 0.3) is 0 Å². The molecule has 3 aliphatic heterocycles. The minimum absolute atomic E-state index is 0.531. The first-order valence-corrected chi connectivity index (χ1v) is 17.3. The summed E-state index contributed by atoms with van der Waals surface area (Å²) in [6.45, 7) is 22.8. The standard InChI is InChI=1S/C31H66N10O/c1-2-6-30-28-40(23-3-1)25-20-36-15-16-37-21-26-41-24-4-7-31(41)29-42-27-22-38-17-11-33-9-5-8-32-10-12-34-13-14-35-18-19-39-30/h1-2,30-39H,3-29H2/b2-1-. The van der Waals surface area contributed by atoms with Gasteiger partial charge in [-0.3, -0.25) is 4.90 Å². The molecule has 11 nitrogen and oxygen atoms in total. The van der Waals surface area contributed by atoms with Crippen LogP contribution in [0.4, 0.5) is 0 Å². The summed E-state index contributed by atoms with van der Waals surface area (Å²) >= 11 is 0. The number of rotatable bonds is 0. The van der Waals surface area contributed by atoms with Crippen LogP contribution in [0.15, 0.2) is 12.2 Å². The molecule has 3 rings (SSSR count). The fourth-order valence-electron chi connectivity index (χ4n) is 5.95. The highest BCUT2D eigenvalue weighted by molar-refractivity contribution is 4.91. The third-order valence-corrected chi connectivity index (χ3v) is 8.45. The number of nitrogens with one attached hydrogen (secondary N) is 8. The van der Waals surface area contributed by atoms with Gasteiger partial charge in [0.1, 0.15) is 0 Å². The Morgan fingerprint density at radius 2 is 1.17 bits per heavy atom. The van der Waals surface area contributed by atoms with E-state index in [1.165, 1.54) is 19.4 Å². The zero-order valence-corrected chi connectivity index (χ0v) is 26.7. The van der Waals surface area contributed by atoms with E-state index in [-0.39, 0.29) is 0 Å². The number of ether oxygens (including phenoxy) is 1. The zero-order valence-electron chi connectivity index (χ0n) is 26.7. The molecule has 2 fully saturated rings. The predicted octanol–water partition coefficient (Wildman–Crippen LogP) is -1.39. The first kappa shape index (κ1) is 35.8. The Labute approximate surface area is 257 Å². The first-order chi connectivity index (χ1) is 20.9. The summed E-state index contributed by atoms with van der Waals surface area (Å²) in [5, 5.41) is 28.8. The van der Waals surface area contributed by atoms with Crippen molar-refractivity contribution in [1.82, 2.24) is 52.3 Å². The normalized spacial score (nSPS) is 31.1. The molecule has 0 saturated carbocycles. The highest BCUT2D eigenvalue weighted by Crippen LogP contribution is 2.16. The Hall–Kier alpha value is -0.700. The monoisotopic (exact) mass is 595 g/mol. The van der Waals surface area contributed by atoms with Gasteiger partial charge in [-0.15, -0.1) is 0 Å². The number of nitrogens with zero attached hydrogens (tertiary/aromatic N) is 2. The first-order valence-electron chi connectivity index (χ1n) is 17.3. The third-order valence-electron chi connectivity index (χ3n) is 8.45. The highest BCUT2D eigenvalue weighted by Gasteiger charge is 2.23. The van der Waals surface area contributed by atoms with E-state index in [2.05, 4.69) is 64.5 Å². The van der Waals surface area contributed by atoms with Gasteiger partial charge in [-0.25, -0.2) is 0 Å². The van der Waals surface area contributed by atoms with E-state index in [1.54, 1.807) is 0 Å². The van der Waals surface area contributed by atoms with Crippen molar-refractivity contribution in [2.24, 2.45) is 0 Å². The molecule has 3 atom stereocenters. The lowest BCUT2D eigenvalue weighted by Gasteiger charge is -2.29. The fourth-order valence-corrected chi connectivity index (χ4v) is 5.95. The summed E-state index contributed by atoms with van der Waals surface area (Å²) in [7, 11) is 0. The maximum absolute atomic E-state index is 6.03. The molecule has 0 aliphatic carbocycles. The lowest BCUT2D eigenvalue weighted by molar-refractivity contribution is 0.0790. The average molecular weight is 595 g/mol. The Kier molecular flexibility index (Phi) is 21.8. The minimum Gasteiger partial charge on any atom is -0.379 e. The topological polar surface area (TPSA) is 112 Å². The fraction of sp³-hybridized carbons (Fsp3) is 0.935. The van der Waals surface area contributed by atoms with Crippen LogP contribution < -0.4 is 42.5 Å². The van der Waals surface area contributed by atoms with Crippen LogP contribution in [0.5, 0.6) is 0 Å². The average Bonchev–Trinajstić information content (AvgIpc) is 3.43. The molecule has 2 bridgehead atoms. The molecule has 3 aliphatic rings. The smallest absolute Gasteiger partial charge is 0.0622 e. The third kappa shape index (κ3) is 18.2. The van der Waals surface area contributed by atoms with Crippen molar-refractivity contribution in [3.8, 4) is 0 Å². The molecule has 42 heavy (non-hydrogen) atoms. The van der Waals surface area contributed by atoms with E-state index in [9.17, 15) is 0 Å². The zero-order chi connectivity index (χ0) is 29.2. The molecular weight excluding hydrogens is 528 g/mol. The van der Waals surface area contributed by atoms with E-state index in [4.69, 9.17) is 4.74 Å². The molecule has 0 amide bonds. The lowest BCUT2D eigenvalue weighted by atomic mass is 10.1. The van der Waals surface area contributed by atoms with Crippen molar-refractivity contribution < 1.29 is 4.74 Å². The molecule has 0 aromatic rings. The minimum atomic E-state index is 0.531. The summed E-state index contributed by atoms with van der Waals surface area (Å²) < 4.78 is 6.03. The van der Waals surface area contributed by atoms with Crippen LogP contribution in [0.2, 0.25) is 0 Å². The van der Waals surface area contributed by atoms with Gasteiger partial charge in [0.15, 0.2) is 0 Å². The second kappa shape index (κ2) is 25.6. The summed E-state index contributed by atoms with van der Waals surface area (Å²) in [5.74, 6) is 0.